The van der Waals surface area contributed by atoms with Gasteiger partial charge >= 0.3 is 0 Å². The number of rotatable bonds is 1. The molecule has 0 bridgehead atoms. The molecule has 0 fully saturated rings. The van der Waals surface area contributed by atoms with E-state index in [1.165, 1.54) is 16.8 Å². The Labute approximate surface area is 97.5 Å². The molecule has 2 heteroatoms. The van der Waals surface area contributed by atoms with E-state index in [1.54, 1.807) is 0 Å². The van der Waals surface area contributed by atoms with E-state index in [0.29, 0.717) is 0 Å². The maximum Gasteiger partial charge on any atom is 0.116 e. The van der Waals surface area contributed by atoms with Gasteiger partial charge < -0.3 is 4.98 Å². The minimum atomic E-state index is 0.0297. The third kappa shape index (κ3) is 1.84. The molecule has 0 radical (unpaired) electrons. The fourth-order valence-electron chi connectivity index (χ4n) is 2.58. The average molecular weight is 216 g/mol. The van der Waals surface area contributed by atoms with Crippen LogP contribution in [0.15, 0.2) is 23.3 Å². The van der Waals surface area contributed by atoms with Crippen molar-refractivity contribution in [2.75, 3.05) is 0 Å². The van der Waals surface area contributed by atoms with Gasteiger partial charge in [0.2, 0.25) is 0 Å². The lowest BCUT2D eigenvalue weighted by molar-refractivity contribution is 0.541. The third-order valence-electron chi connectivity index (χ3n) is 3.34. The maximum atomic E-state index is 4.65. The average Bonchev–Trinajstić information content (AvgIpc) is 2.45. The van der Waals surface area contributed by atoms with E-state index in [1.807, 2.05) is 0 Å². The Morgan fingerprint density at radius 1 is 1.25 bits per heavy atom. The first-order valence-corrected chi connectivity index (χ1v) is 5.81. The molecule has 2 rings (SSSR count). The highest BCUT2D eigenvalue weighted by Gasteiger charge is 2.30. The Bertz CT molecular complexity index is 457. The highest BCUT2D eigenvalue weighted by Crippen LogP contribution is 2.35. The lowest BCUT2D eigenvalue weighted by atomic mass is 9.78. The van der Waals surface area contributed by atoms with Crippen molar-refractivity contribution in [1.29, 1.82) is 0 Å². The summed E-state index contributed by atoms with van der Waals surface area (Å²) >= 11 is 0. The molecule has 0 aliphatic heterocycles. The van der Waals surface area contributed by atoms with Crippen LogP contribution in [0.1, 0.15) is 44.4 Å². The van der Waals surface area contributed by atoms with Gasteiger partial charge in [-0.15, -0.1) is 0 Å². The number of hydrogen-bond donors (Lipinski definition) is 1. The van der Waals surface area contributed by atoms with Crippen molar-refractivity contribution < 1.29 is 0 Å². The fourth-order valence-corrected chi connectivity index (χ4v) is 2.58. The number of aromatic amines is 1. The standard InChI is InChI=1S/C14H20N2/c1-9-6-10(2)8-14(5,7-9)13-15-11(3)12(4)16-13/h6-7H,8H2,1-5H3,(H,15,16). The first-order chi connectivity index (χ1) is 7.40. The number of nitrogens with one attached hydrogen (secondary N) is 1. The number of allylic oxidation sites excluding steroid dienone is 4. The summed E-state index contributed by atoms with van der Waals surface area (Å²) in [4.78, 5) is 8.06. The smallest absolute Gasteiger partial charge is 0.116 e. The first kappa shape index (κ1) is 11.2. The molecule has 1 aromatic heterocycles. The van der Waals surface area contributed by atoms with Gasteiger partial charge in [0.05, 0.1) is 5.69 Å². The zero-order valence-corrected chi connectivity index (χ0v) is 10.8. The van der Waals surface area contributed by atoms with Gasteiger partial charge in [0.1, 0.15) is 5.82 Å². The highest BCUT2D eigenvalue weighted by atomic mass is 14.9. The third-order valence-corrected chi connectivity index (χ3v) is 3.34. The van der Waals surface area contributed by atoms with Gasteiger partial charge in [-0.25, -0.2) is 4.98 Å². The van der Waals surface area contributed by atoms with E-state index in [0.717, 1.165) is 17.9 Å². The van der Waals surface area contributed by atoms with Gasteiger partial charge in [0.25, 0.3) is 0 Å². The number of hydrogen-bond acceptors (Lipinski definition) is 1. The van der Waals surface area contributed by atoms with Crippen molar-refractivity contribution in [2.24, 2.45) is 0 Å². The summed E-state index contributed by atoms with van der Waals surface area (Å²) in [6.07, 6.45) is 5.62. The number of aryl methyl sites for hydroxylation is 2. The van der Waals surface area contributed by atoms with Crippen molar-refractivity contribution >= 4 is 0 Å². The lowest BCUT2D eigenvalue weighted by Gasteiger charge is -2.28. The van der Waals surface area contributed by atoms with Crippen molar-refractivity contribution in [2.45, 2.75) is 46.5 Å². The van der Waals surface area contributed by atoms with E-state index in [2.05, 4.69) is 56.7 Å². The fraction of sp³-hybridized carbons (Fsp3) is 0.500. The highest BCUT2D eigenvalue weighted by molar-refractivity contribution is 5.36. The Balaban J connectivity index is 2.44. The quantitative estimate of drug-likeness (QED) is 0.763. The molecule has 1 aliphatic rings. The van der Waals surface area contributed by atoms with Crippen LogP contribution in [0, 0.1) is 13.8 Å². The molecule has 1 heterocycles. The lowest BCUT2D eigenvalue weighted by Crippen LogP contribution is -2.24. The van der Waals surface area contributed by atoms with E-state index >= 15 is 0 Å². The molecule has 1 unspecified atom stereocenters. The molecule has 1 aliphatic carbocycles. The van der Waals surface area contributed by atoms with Crippen molar-refractivity contribution in [1.82, 2.24) is 9.97 Å². The molecule has 1 N–H and O–H groups in total. The largest absolute Gasteiger partial charge is 0.345 e. The van der Waals surface area contributed by atoms with Crippen LogP contribution in [0.2, 0.25) is 0 Å². The van der Waals surface area contributed by atoms with E-state index in [9.17, 15) is 0 Å². The molecule has 86 valence electrons. The Morgan fingerprint density at radius 2 is 1.94 bits per heavy atom. The minimum Gasteiger partial charge on any atom is -0.345 e. The van der Waals surface area contributed by atoms with Gasteiger partial charge in [-0.1, -0.05) is 23.3 Å². The van der Waals surface area contributed by atoms with Crippen molar-refractivity contribution in [3.8, 4) is 0 Å². The summed E-state index contributed by atoms with van der Waals surface area (Å²) in [5, 5.41) is 0. The summed E-state index contributed by atoms with van der Waals surface area (Å²) < 4.78 is 0. The van der Waals surface area contributed by atoms with E-state index in [4.69, 9.17) is 0 Å². The van der Waals surface area contributed by atoms with Crippen molar-refractivity contribution in [3.05, 3.63) is 40.5 Å². The summed E-state index contributed by atoms with van der Waals surface area (Å²) in [5.41, 5.74) is 5.07. The monoisotopic (exact) mass is 216 g/mol. The summed E-state index contributed by atoms with van der Waals surface area (Å²) in [6.45, 7) is 10.7. The maximum absolute atomic E-state index is 4.65. The van der Waals surface area contributed by atoms with Crippen LogP contribution in [0.5, 0.6) is 0 Å². The summed E-state index contributed by atoms with van der Waals surface area (Å²) in [5.74, 6) is 1.09. The second kappa shape index (κ2) is 3.62. The topological polar surface area (TPSA) is 28.7 Å². The Morgan fingerprint density at radius 3 is 2.44 bits per heavy atom. The van der Waals surface area contributed by atoms with E-state index in [-0.39, 0.29) is 5.41 Å². The van der Waals surface area contributed by atoms with Gasteiger partial charge in [0, 0.05) is 11.1 Å². The Kier molecular flexibility index (Phi) is 2.53. The van der Waals surface area contributed by atoms with Crippen LogP contribution >= 0.6 is 0 Å². The van der Waals surface area contributed by atoms with Crippen LogP contribution in [0.25, 0.3) is 0 Å². The van der Waals surface area contributed by atoms with Gasteiger partial charge in [-0.3, -0.25) is 0 Å². The molecule has 0 aromatic carbocycles. The molecule has 1 aromatic rings. The first-order valence-electron chi connectivity index (χ1n) is 5.81. The number of H-pyrrole nitrogens is 1. The van der Waals surface area contributed by atoms with Crippen molar-refractivity contribution in [3.63, 3.8) is 0 Å². The normalized spacial score (nSPS) is 25.3. The van der Waals surface area contributed by atoms with Gasteiger partial charge in [-0.05, 0) is 41.0 Å². The van der Waals surface area contributed by atoms with Gasteiger partial charge in [0.15, 0.2) is 0 Å². The predicted octanol–water partition coefficient (Wildman–Crippen LogP) is 3.58. The van der Waals surface area contributed by atoms with Crippen LogP contribution in [0.4, 0.5) is 0 Å². The second-order valence-corrected chi connectivity index (χ2v) is 5.27. The Hall–Kier alpha value is -1.31. The zero-order chi connectivity index (χ0) is 11.9. The molecule has 0 saturated carbocycles. The minimum absolute atomic E-state index is 0.0297. The molecule has 0 saturated heterocycles. The molecule has 0 spiro atoms. The van der Waals surface area contributed by atoms with Crippen LogP contribution < -0.4 is 0 Å². The molecule has 1 atom stereocenters. The SMILES string of the molecule is CC1=CC(C)(c2nc(C)c(C)[nH]2)CC(C)=C1. The van der Waals surface area contributed by atoms with E-state index < -0.39 is 0 Å². The van der Waals surface area contributed by atoms with Gasteiger partial charge in [-0.2, -0.15) is 0 Å². The number of aromatic nitrogens is 2. The number of imidazole rings is 1. The van der Waals surface area contributed by atoms with Crippen LogP contribution in [-0.2, 0) is 5.41 Å². The summed E-state index contributed by atoms with van der Waals surface area (Å²) in [6, 6.07) is 0. The summed E-state index contributed by atoms with van der Waals surface area (Å²) in [7, 11) is 0. The van der Waals surface area contributed by atoms with Crippen LogP contribution in [-0.4, -0.2) is 9.97 Å². The second-order valence-electron chi connectivity index (χ2n) is 5.27. The number of nitrogens with zero attached hydrogens (tertiary/aromatic N) is 1. The molecule has 16 heavy (non-hydrogen) atoms. The molecule has 2 nitrogen and oxygen atoms in total. The molecule has 0 amide bonds. The van der Waals surface area contributed by atoms with Crippen LogP contribution in [0.3, 0.4) is 0 Å². The predicted molar refractivity (Wildman–Crippen MR) is 67.5 cm³/mol. The molecular weight excluding hydrogens is 196 g/mol. The zero-order valence-electron chi connectivity index (χ0n) is 10.8. The molecular formula is C14H20N2.